The summed E-state index contributed by atoms with van der Waals surface area (Å²) in [6, 6.07) is -0.278. The lowest BCUT2D eigenvalue weighted by molar-refractivity contribution is 0.247. The van der Waals surface area contributed by atoms with Gasteiger partial charge < -0.3 is 5.32 Å². The minimum atomic E-state index is -0.278. The maximum Gasteiger partial charge on any atom is 0.320 e. The molecule has 0 unspecified atom stereocenters. The number of carbonyl (C=O) groups is 1. The van der Waals surface area contributed by atoms with Crippen molar-refractivity contribution in [2.24, 2.45) is 4.99 Å². The number of amides is 2. The topological polar surface area (TPSA) is 53.5 Å². The fourth-order valence-corrected chi connectivity index (χ4v) is 0.792. The van der Waals surface area contributed by atoms with Crippen LogP contribution in [0.5, 0.6) is 0 Å². The summed E-state index contributed by atoms with van der Waals surface area (Å²) in [6.07, 6.45) is 0. The molecule has 0 saturated heterocycles. The molecule has 2 N–H and O–H groups in total. The minimum Gasteiger partial charge on any atom is -0.341 e. The van der Waals surface area contributed by atoms with Crippen LogP contribution in [-0.2, 0) is 0 Å². The average molecular weight is 173 g/mol. The molecule has 0 atom stereocenters. The van der Waals surface area contributed by atoms with E-state index in [0.29, 0.717) is 5.17 Å². The molecule has 0 radical (unpaired) electrons. The minimum absolute atomic E-state index is 0.278. The Morgan fingerprint density at radius 1 is 1.73 bits per heavy atom. The third kappa shape index (κ3) is 4.44. The van der Waals surface area contributed by atoms with E-state index in [0.717, 1.165) is 0 Å². The number of nitrogens with zero attached hydrogens (tertiary/aromatic N) is 1. The summed E-state index contributed by atoms with van der Waals surface area (Å²) in [5.74, 6) is 0. The molecule has 0 aromatic rings. The molecule has 62 valence electrons. The van der Waals surface area contributed by atoms with Crippen LogP contribution in [0.2, 0.25) is 0 Å². The van der Waals surface area contributed by atoms with E-state index >= 15 is 0 Å². The molecule has 0 aliphatic carbocycles. The van der Waals surface area contributed by atoms with Crippen molar-refractivity contribution in [3.05, 3.63) is 12.0 Å². The third-order valence-corrected chi connectivity index (χ3v) is 1.52. The van der Waals surface area contributed by atoms with Crippen molar-refractivity contribution in [2.45, 2.75) is 0 Å². The van der Waals surface area contributed by atoms with Crippen LogP contribution >= 0.6 is 11.8 Å². The summed E-state index contributed by atoms with van der Waals surface area (Å²) in [4.78, 5) is 14.5. The van der Waals surface area contributed by atoms with Crippen LogP contribution in [0.25, 0.3) is 0 Å². The van der Waals surface area contributed by atoms with Crippen LogP contribution < -0.4 is 10.6 Å². The molecule has 5 heteroatoms. The zero-order chi connectivity index (χ0) is 8.69. The summed E-state index contributed by atoms with van der Waals surface area (Å²) >= 11 is 1.26. The van der Waals surface area contributed by atoms with Crippen molar-refractivity contribution >= 4 is 23.0 Å². The van der Waals surface area contributed by atoms with E-state index in [1.165, 1.54) is 11.8 Å². The smallest absolute Gasteiger partial charge is 0.320 e. The summed E-state index contributed by atoms with van der Waals surface area (Å²) in [6.45, 7) is 3.49. The SMILES string of the molecule is C=CSC(=NC)NC(=O)NC. The quantitative estimate of drug-likeness (QED) is 0.454. The molecule has 0 aliphatic rings. The highest BCUT2D eigenvalue weighted by molar-refractivity contribution is 8.16. The number of hydrogen-bond acceptors (Lipinski definition) is 3. The standard InChI is InChI=1S/C6H11N3OS/c1-4-11-6(8-3)9-5(10)7-2/h4H,1H2,2-3H3,(H2,7,8,9,10). The van der Waals surface area contributed by atoms with Gasteiger partial charge in [0.05, 0.1) is 0 Å². The van der Waals surface area contributed by atoms with Gasteiger partial charge in [0.1, 0.15) is 0 Å². The lowest BCUT2D eigenvalue weighted by Gasteiger charge is -2.02. The molecule has 4 nitrogen and oxygen atoms in total. The molecule has 11 heavy (non-hydrogen) atoms. The summed E-state index contributed by atoms with van der Waals surface area (Å²) in [5, 5.41) is 7.04. The maximum absolute atomic E-state index is 10.7. The Labute approximate surface area is 70.2 Å². The van der Waals surface area contributed by atoms with Crippen molar-refractivity contribution < 1.29 is 4.79 Å². The van der Waals surface area contributed by atoms with Gasteiger partial charge in [0.15, 0.2) is 5.17 Å². The Balaban J connectivity index is 3.88. The van der Waals surface area contributed by atoms with Crippen LogP contribution in [0.15, 0.2) is 17.0 Å². The second kappa shape index (κ2) is 5.79. The van der Waals surface area contributed by atoms with E-state index in [1.807, 2.05) is 0 Å². The number of thioether (sulfide) groups is 1. The zero-order valence-corrected chi connectivity index (χ0v) is 7.36. The molecular weight excluding hydrogens is 162 g/mol. The molecular formula is C6H11N3OS. The molecule has 0 rings (SSSR count). The van der Waals surface area contributed by atoms with Gasteiger partial charge in [-0.25, -0.2) is 4.79 Å². The highest BCUT2D eigenvalue weighted by atomic mass is 32.2. The largest absolute Gasteiger partial charge is 0.341 e. The molecule has 0 aromatic carbocycles. The van der Waals surface area contributed by atoms with E-state index in [9.17, 15) is 4.79 Å². The van der Waals surface area contributed by atoms with Crippen LogP contribution in [0, 0.1) is 0 Å². The normalized spacial score (nSPS) is 10.5. The van der Waals surface area contributed by atoms with E-state index in [4.69, 9.17) is 0 Å². The van der Waals surface area contributed by atoms with Crippen molar-refractivity contribution in [1.29, 1.82) is 0 Å². The fraction of sp³-hybridized carbons (Fsp3) is 0.333. The Morgan fingerprint density at radius 3 is 2.73 bits per heavy atom. The lowest BCUT2D eigenvalue weighted by atomic mass is 10.9. The van der Waals surface area contributed by atoms with Gasteiger partial charge in [0.2, 0.25) is 0 Å². The van der Waals surface area contributed by atoms with E-state index < -0.39 is 0 Å². The molecule has 0 fully saturated rings. The molecule has 0 saturated carbocycles. The Bertz CT molecular complexity index is 179. The Morgan fingerprint density at radius 2 is 2.36 bits per heavy atom. The highest BCUT2D eigenvalue weighted by Gasteiger charge is 1.99. The van der Waals surface area contributed by atoms with E-state index in [-0.39, 0.29) is 6.03 Å². The first-order valence-electron chi connectivity index (χ1n) is 2.97. The number of carbonyl (C=O) groups excluding carboxylic acids is 1. The van der Waals surface area contributed by atoms with Crippen molar-refractivity contribution in [1.82, 2.24) is 10.6 Å². The van der Waals surface area contributed by atoms with Crippen molar-refractivity contribution in [2.75, 3.05) is 14.1 Å². The molecule has 0 spiro atoms. The van der Waals surface area contributed by atoms with Gasteiger partial charge in [-0.2, -0.15) is 0 Å². The highest BCUT2D eigenvalue weighted by Crippen LogP contribution is 2.00. The lowest BCUT2D eigenvalue weighted by Crippen LogP contribution is -2.35. The van der Waals surface area contributed by atoms with Gasteiger partial charge in [-0.15, -0.1) is 0 Å². The van der Waals surface area contributed by atoms with Crippen LogP contribution in [0.3, 0.4) is 0 Å². The summed E-state index contributed by atoms with van der Waals surface area (Å²) in [7, 11) is 3.14. The van der Waals surface area contributed by atoms with Gasteiger partial charge in [-0.1, -0.05) is 18.3 Å². The van der Waals surface area contributed by atoms with Gasteiger partial charge >= 0.3 is 6.03 Å². The van der Waals surface area contributed by atoms with E-state index in [2.05, 4.69) is 22.2 Å². The summed E-state index contributed by atoms with van der Waals surface area (Å²) < 4.78 is 0. The number of hydrogen-bond donors (Lipinski definition) is 2. The third-order valence-electron chi connectivity index (χ3n) is 0.846. The predicted molar refractivity (Wildman–Crippen MR) is 48.7 cm³/mol. The molecule has 2 amide bonds. The molecule has 0 heterocycles. The van der Waals surface area contributed by atoms with Gasteiger partial charge in [-0.3, -0.25) is 10.3 Å². The number of rotatable bonds is 1. The van der Waals surface area contributed by atoms with Crippen LogP contribution in [-0.4, -0.2) is 25.3 Å². The average Bonchev–Trinajstić information content (AvgIpc) is 2.03. The van der Waals surface area contributed by atoms with Gasteiger partial charge in [0, 0.05) is 14.1 Å². The van der Waals surface area contributed by atoms with E-state index in [1.54, 1.807) is 19.5 Å². The second-order valence-corrected chi connectivity index (χ2v) is 2.47. The molecule has 0 aliphatic heterocycles. The first-order chi connectivity index (χ1) is 5.24. The predicted octanol–water partition coefficient (Wildman–Crippen LogP) is 0.778. The number of amidine groups is 1. The Kier molecular flexibility index (Phi) is 5.28. The number of aliphatic imine (C=N–C) groups is 1. The van der Waals surface area contributed by atoms with Crippen molar-refractivity contribution in [3.8, 4) is 0 Å². The second-order valence-electron chi connectivity index (χ2n) is 1.52. The number of nitrogens with one attached hydrogen (secondary N) is 2. The monoisotopic (exact) mass is 173 g/mol. The summed E-state index contributed by atoms with van der Waals surface area (Å²) in [5.41, 5.74) is 0. The number of urea groups is 1. The first-order valence-corrected chi connectivity index (χ1v) is 3.85. The van der Waals surface area contributed by atoms with Crippen molar-refractivity contribution in [3.63, 3.8) is 0 Å². The molecule has 0 aromatic heterocycles. The fourth-order valence-electron chi connectivity index (χ4n) is 0.377. The Hall–Kier alpha value is -0.970. The van der Waals surface area contributed by atoms with Crippen LogP contribution in [0.1, 0.15) is 0 Å². The van der Waals surface area contributed by atoms with Crippen LogP contribution in [0.4, 0.5) is 4.79 Å². The maximum atomic E-state index is 10.7. The van der Waals surface area contributed by atoms with Gasteiger partial charge in [0.25, 0.3) is 0 Å². The van der Waals surface area contributed by atoms with Gasteiger partial charge in [-0.05, 0) is 5.41 Å². The first kappa shape index (κ1) is 10.0. The molecule has 0 bridgehead atoms. The zero-order valence-electron chi connectivity index (χ0n) is 6.55.